The Hall–Kier alpha value is -2.06. The van der Waals surface area contributed by atoms with Crippen molar-refractivity contribution in [1.29, 1.82) is 0 Å². The van der Waals surface area contributed by atoms with E-state index in [0.717, 1.165) is 49.1 Å². The molecule has 0 saturated carbocycles. The lowest BCUT2D eigenvalue weighted by Gasteiger charge is -2.23. The molecule has 2 saturated heterocycles. The fourth-order valence-corrected chi connectivity index (χ4v) is 4.00. The molecule has 4 heterocycles. The molecule has 8 nitrogen and oxygen atoms in total. The van der Waals surface area contributed by atoms with Gasteiger partial charge in [0.2, 0.25) is 0 Å². The molecule has 2 N–H and O–H groups in total. The summed E-state index contributed by atoms with van der Waals surface area (Å²) in [4.78, 5) is 17.3. The second kappa shape index (κ2) is 6.92. The highest BCUT2D eigenvalue weighted by Crippen LogP contribution is 2.34. The Morgan fingerprint density at radius 2 is 2.27 bits per heavy atom. The van der Waals surface area contributed by atoms with E-state index >= 15 is 0 Å². The van der Waals surface area contributed by atoms with Gasteiger partial charge >= 0.3 is 6.09 Å². The number of amides is 1. The molecule has 3 atom stereocenters. The molecule has 3 unspecified atom stereocenters. The molecule has 0 aliphatic carbocycles. The lowest BCUT2D eigenvalue weighted by molar-refractivity contribution is -0.0365. The summed E-state index contributed by atoms with van der Waals surface area (Å²) in [5, 5.41) is 17.8. The van der Waals surface area contributed by atoms with E-state index in [0.29, 0.717) is 11.7 Å². The topological polar surface area (TPSA) is 92.5 Å². The van der Waals surface area contributed by atoms with Gasteiger partial charge in [-0.15, -0.1) is 0 Å². The molecule has 4 rings (SSSR count). The summed E-state index contributed by atoms with van der Waals surface area (Å²) < 4.78 is 7.81. The zero-order valence-corrected chi connectivity index (χ0v) is 15.3. The number of nitrogens with zero attached hydrogens (tertiary/aromatic N) is 4. The maximum atomic E-state index is 11.0. The highest BCUT2D eigenvalue weighted by atomic mass is 35.5. The summed E-state index contributed by atoms with van der Waals surface area (Å²) in [5.74, 6) is 0.998. The van der Waals surface area contributed by atoms with Crippen molar-refractivity contribution in [1.82, 2.24) is 20.1 Å². The van der Waals surface area contributed by atoms with Crippen molar-refractivity contribution in [3.63, 3.8) is 0 Å². The first-order chi connectivity index (χ1) is 12.5. The van der Waals surface area contributed by atoms with E-state index in [1.54, 1.807) is 6.20 Å². The Bertz CT molecular complexity index is 820. The predicted molar refractivity (Wildman–Crippen MR) is 97.7 cm³/mol. The summed E-state index contributed by atoms with van der Waals surface area (Å²) in [5.41, 5.74) is 0.897. The first kappa shape index (κ1) is 17.4. The number of ether oxygens (including phenoxy) is 1. The second-order valence-corrected chi connectivity index (χ2v) is 7.44. The van der Waals surface area contributed by atoms with Crippen molar-refractivity contribution < 1.29 is 14.6 Å². The molecule has 140 valence electrons. The Balaban J connectivity index is 1.70. The van der Waals surface area contributed by atoms with Gasteiger partial charge in [0, 0.05) is 32.0 Å². The van der Waals surface area contributed by atoms with Crippen LogP contribution in [-0.2, 0) is 4.74 Å². The Morgan fingerprint density at radius 1 is 1.42 bits per heavy atom. The first-order valence-electron chi connectivity index (χ1n) is 8.92. The standard InChI is InChI=1S/C17H22ClN5O3/c1-10-8-22(9-12(10)20-17(24)25)16-11-7-19-14(18)6-13(11)23(21-16)15-4-2-3-5-26-15/h6-7,10,12,15,20H,2-5,8-9H2,1H3,(H,24,25). The third kappa shape index (κ3) is 3.19. The Kier molecular flexibility index (Phi) is 4.62. The van der Waals surface area contributed by atoms with Gasteiger partial charge < -0.3 is 20.1 Å². The van der Waals surface area contributed by atoms with E-state index in [2.05, 4.69) is 15.2 Å². The maximum Gasteiger partial charge on any atom is 0.404 e. The number of hydrogen-bond donors (Lipinski definition) is 2. The van der Waals surface area contributed by atoms with Gasteiger partial charge in [-0.05, 0) is 25.2 Å². The Labute approximate surface area is 156 Å². The van der Waals surface area contributed by atoms with Crippen LogP contribution in [0.5, 0.6) is 0 Å². The molecule has 2 aromatic rings. The van der Waals surface area contributed by atoms with E-state index < -0.39 is 6.09 Å². The SMILES string of the molecule is CC1CN(c2nn(C3CCCCO3)c3cc(Cl)ncc23)CC1NC(=O)O. The van der Waals surface area contributed by atoms with E-state index in [-0.39, 0.29) is 18.2 Å². The van der Waals surface area contributed by atoms with Crippen molar-refractivity contribution in [2.45, 2.75) is 38.5 Å². The zero-order chi connectivity index (χ0) is 18.3. The van der Waals surface area contributed by atoms with Crippen LogP contribution in [-0.4, -0.2) is 51.7 Å². The lowest BCUT2D eigenvalue weighted by Crippen LogP contribution is -2.39. The van der Waals surface area contributed by atoms with Crippen molar-refractivity contribution in [3.05, 3.63) is 17.4 Å². The monoisotopic (exact) mass is 379 g/mol. The molecule has 0 aromatic carbocycles. The maximum absolute atomic E-state index is 11.0. The third-order valence-corrected chi connectivity index (χ3v) is 5.39. The van der Waals surface area contributed by atoms with E-state index in [9.17, 15) is 4.79 Å². The minimum atomic E-state index is -0.997. The summed E-state index contributed by atoms with van der Waals surface area (Å²) in [7, 11) is 0. The van der Waals surface area contributed by atoms with E-state index in [1.807, 2.05) is 17.7 Å². The molecular formula is C17H22ClN5O3. The average molecular weight is 380 g/mol. The highest BCUT2D eigenvalue weighted by molar-refractivity contribution is 6.30. The largest absolute Gasteiger partial charge is 0.465 e. The van der Waals surface area contributed by atoms with Crippen LogP contribution >= 0.6 is 11.6 Å². The third-order valence-electron chi connectivity index (χ3n) is 5.19. The molecule has 2 aliphatic heterocycles. The molecule has 0 radical (unpaired) electrons. The van der Waals surface area contributed by atoms with Crippen LogP contribution < -0.4 is 10.2 Å². The van der Waals surface area contributed by atoms with Crippen LogP contribution in [0.15, 0.2) is 12.3 Å². The summed E-state index contributed by atoms with van der Waals surface area (Å²) in [6.07, 6.45) is 3.72. The van der Waals surface area contributed by atoms with Crippen molar-refractivity contribution in [2.75, 3.05) is 24.6 Å². The van der Waals surface area contributed by atoms with Gasteiger partial charge in [-0.2, -0.15) is 5.10 Å². The molecule has 9 heteroatoms. The van der Waals surface area contributed by atoms with Crippen LogP contribution in [0.3, 0.4) is 0 Å². The first-order valence-corrected chi connectivity index (χ1v) is 9.30. The van der Waals surface area contributed by atoms with Crippen molar-refractivity contribution >= 4 is 34.4 Å². The number of halogens is 1. The van der Waals surface area contributed by atoms with Gasteiger partial charge in [0.05, 0.1) is 16.9 Å². The van der Waals surface area contributed by atoms with E-state index in [4.69, 9.17) is 26.5 Å². The average Bonchev–Trinajstić information content (AvgIpc) is 3.16. The van der Waals surface area contributed by atoms with Gasteiger partial charge in [0.25, 0.3) is 0 Å². The van der Waals surface area contributed by atoms with Gasteiger partial charge in [0.1, 0.15) is 5.15 Å². The smallest absolute Gasteiger partial charge is 0.404 e. The molecule has 26 heavy (non-hydrogen) atoms. The van der Waals surface area contributed by atoms with Crippen LogP contribution in [0.4, 0.5) is 10.6 Å². The van der Waals surface area contributed by atoms with Crippen LogP contribution in [0.25, 0.3) is 10.9 Å². The number of carboxylic acid groups (broad SMARTS) is 1. The predicted octanol–water partition coefficient (Wildman–Crippen LogP) is 2.88. The number of aromatic nitrogens is 3. The normalized spacial score (nSPS) is 26.4. The Morgan fingerprint density at radius 3 is 3.00 bits per heavy atom. The molecule has 0 spiro atoms. The van der Waals surface area contributed by atoms with Crippen LogP contribution in [0, 0.1) is 5.92 Å². The molecular weight excluding hydrogens is 358 g/mol. The number of fused-ring (bicyclic) bond motifs is 1. The fourth-order valence-electron chi connectivity index (χ4n) is 3.85. The molecule has 2 aliphatic rings. The molecule has 2 fully saturated rings. The van der Waals surface area contributed by atoms with E-state index in [1.165, 1.54) is 0 Å². The van der Waals surface area contributed by atoms with Crippen molar-refractivity contribution in [3.8, 4) is 0 Å². The summed E-state index contributed by atoms with van der Waals surface area (Å²) in [6, 6.07) is 1.69. The van der Waals surface area contributed by atoms with Gasteiger partial charge in [-0.25, -0.2) is 14.5 Å². The number of carbonyl (C=O) groups is 1. The minimum absolute atomic E-state index is 0.105. The highest BCUT2D eigenvalue weighted by Gasteiger charge is 2.34. The van der Waals surface area contributed by atoms with Crippen molar-refractivity contribution in [2.24, 2.45) is 5.92 Å². The number of anilines is 1. The van der Waals surface area contributed by atoms with Gasteiger partial charge in [-0.3, -0.25) is 0 Å². The molecule has 0 bridgehead atoms. The minimum Gasteiger partial charge on any atom is -0.465 e. The molecule has 1 amide bonds. The molecule has 2 aromatic heterocycles. The quantitative estimate of drug-likeness (QED) is 0.796. The zero-order valence-electron chi connectivity index (χ0n) is 14.6. The lowest BCUT2D eigenvalue weighted by atomic mass is 10.1. The summed E-state index contributed by atoms with van der Waals surface area (Å²) in [6.45, 7) is 4.07. The van der Waals surface area contributed by atoms with Crippen LogP contribution in [0.1, 0.15) is 32.4 Å². The number of nitrogens with one attached hydrogen (secondary N) is 1. The summed E-state index contributed by atoms with van der Waals surface area (Å²) >= 11 is 6.12. The number of rotatable bonds is 3. The second-order valence-electron chi connectivity index (χ2n) is 7.05. The van der Waals surface area contributed by atoms with Crippen LogP contribution in [0.2, 0.25) is 5.15 Å². The number of pyridine rings is 1. The van der Waals surface area contributed by atoms with Gasteiger partial charge in [-0.1, -0.05) is 18.5 Å². The van der Waals surface area contributed by atoms with Gasteiger partial charge in [0.15, 0.2) is 12.0 Å². The number of hydrogen-bond acceptors (Lipinski definition) is 5. The fraction of sp³-hybridized carbons (Fsp3) is 0.588.